The molecule has 1 atom stereocenters. The van der Waals surface area contributed by atoms with Crippen molar-refractivity contribution in [2.75, 3.05) is 12.3 Å². The van der Waals surface area contributed by atoms with Crippen molar-refractivity contribution in [2.24, 2.45) is 0 Å². The molecule has 2 heterocycles. The van der Waals surface area contributed by atoms with Gasteiger partial charge in [0.1, 0.15) is 11.6 Å². The van der Waals surface area contributed by atoms with E-state index in [2.05, 4.69) is 9.97 Å². The van der Waals surface area contributed by atoms with Gasteiger partial charge in [-0.05, 0) is 12.5 Å². The van der Waals surface area contributed by atoms with Crippen molar-refractivity contribution < 1.29 is 14.3 Å². The van der Waals surface area contributed by atoms with Gasteiger partial charge in [0.2, 0.25) is 5.88 Å². The smallest absolute Gasteiger partial charge is 0.349 e. The minimum absolute atomic E-state index is 0.0759. The second-order valence-electron chi connectivity index (χ2n) is 6.45. The van der Waals surface area contributed by atoms with Crippen LogP contribution in [0.15, 0.2) is 71.0 Å². The van der Waals surface area contributed by atoms with Crippen molar-refractivity contribution in [3.63, 3.8) is 0 Å². The molecule has 146 valence electrons. The van der Waals surface area contributed by atoms with Gasteiger partial charge < -0.3 is 15.2 Å². The van der Waals surface area contributed by atoms with Crippen molar-refractivity contribution in [1.29, 1.82) is 0 Å². The van der Waals surface area contributed by atoms with E-state index in [9.17, 15) is 9.59 Å². The Morgan fingerprint density at radius 3 is 2.45 bits per heavy atom. The van der Waals surface area contributed by atoms with Gasteiger partial charge in [-0.1, -0.05) is 60.7 Å². The number of aromatic nitrogens is 2. The minimum atomic E-state index is -0.625. The van der Waals surface area contributed by atoms with Gasteiger partial charge in [0.15, 0.2) is 0 Å². The number of rotatable bonds is 4. The Hall–Kier alpha value is -3.87. The van der Waals surface area contributed by atoms with Crippen LogP contribution in [0.1, 0.15) is 29.5 Å². The molecular formula is C22H19N3O4. The lowest BCUT2D eigenvalue weighted by atomic mass is 9.82. The Balaban J connectivity index is 2.05. The summed E-state index contributed by atoms with van der Waals surface area (Å²) in [5.41, 5.74) is 7.72. The normalized spacial score (nSPS) is 15.4. The van der Waals surface area contributed by atoms with E-state index in [4.69, 9.17) is 15.2 Å². The van der Waals surface area contributed by atoms with Crippen LogP contribution < -0.4 is 16.2 Å². The summed E-state index contributed by atoms with van der Waals surface area (Å²) in [5.74, 6) is -0.660. The number of nitrogen functional groups attached to an aromatic ring is 1. The molecule has 29 heavy (non-hydrogen) atoms. The molecule has 0 fully saturated rings. The Kier molecular flexibility index (Phi) is 4.87. The molecule has 3 N–H and O–H groups in total. The quantitative estimate of drug-likeness (QED) is 0.665. The second-order valence-corrected chi connectivity index (χ2v) is 6.45. The average molecular weight is 389 g/mol. The van der Waals surface area contributed by atoms with E-state index in [-0.39, 0.29) is 18.3 Å². The molecule has 3 aromatic rings. The van der Waals surface area contributed by atoms with E-state index in [0.29, 0.717) is 22.5 Å². The van der Waals surface area contributed by atoms with Crippen LogP contribution in [0.3, 0.4) is 0 Å². The third kappa shape index (κ3) is 3.38. The summed E-state index contributed by atoms with van der Waals surface area (Å²) >= 11 is 0. The molecule has 0 saturated heterocycles. The summed E-state index contributed by atoms with van der Waals surface area (Å²) in [7, 11) is 0. The van der Waals surface area contributed by atoms with E-state index >= 15 is 0 Å². The molecule has 2 aromatic carbocycles. The predicted octanol–water partition coefficient (Wildman–Crippen LogP) is 2.85. The van der Waals surface area contributed by atoms with Gasteiger partial charge in [-0.3, -0.25) is 4.98 Å². The molecule has 0 bridgehead atoms. The molecule has 1 aliphatic heterocycles. The molecule has 0 aliphatic carbocycles. The first kappa shape index (κ1) is 18.5. The number of nitrogens with two attached hydrogens (primary N) is 1. The molecule has 1 unspecified atom stereocenters. The number of benzene rings is 2. The summed E-state index contributed by atoms with van der Waals surface area (Å²) in [6, 6.07) is 18.5. The Morgan fingerprint density at radius 1 is 1.14 bits per heavy atom. The zero-order chi connectivity index (χ0) is 20.4. The van der Waals surface area contributed by atoms with Crippen LogP contribution in [0.4, 0.5) is 5.82 Å². The van der Waals surface area contributed by atoms with E-state index in [1.807, 2.05) is 60.7 Å². The average Bonchev–Trinajstić information content (AvgIpc) is 2.73. The second kappa shape index (κ2) is 7.63. The maximum absolute atomic E-state index is 13.1. The number of nitrogens with zero attached hydrogens (tertiary/aromatic N) is 1. The first-order chi connectivity index (χ1) is 14.1. The van der Waals surface area contributed by atoms with Crippen LogP contribution in [0.25, 0.3) is 5.76 Å². The fourth-order valence-electron chi connectivity index (χ4n) is 3.46. The first-order valence-electron chi connectivity index (χ1n) is 9.19. The molecule has 1 aromatic heterocycles. The number of fused-ring (bicyclic) bond motifs is 1. The molecular weight excluding hydrogens is 370 g/mol. The number of nitrogens with one attached hydrogen (secondary N) is 1. The van der Waals surface area contributed by atoms with Gasteiger partial charge >= 0.3 is 11.7 Å². The maximum Gasteiger partial charge on any atom is 0.349 e. The van der Waals surface area contributed by atoms with Crippen molar-refractivity contribution in [2.45, 2.75) is 12.8 Å². The summed E-state index contributed by atoms with van der Waals surface area (Å²) in [4.78, 5) is 31.5. The Bertz CT molecular complexity index is 1140. The Morgan fingerprint density at radius 2 is 1.79 bits per heavy atom. The van der Waals surface area contributed by atoms with Gasteiger partial charge in [0.25, 0.3) is 0 Å². The summed E-state index contributed by atoms with van der Waals surface area (Å²) in [6.45, 7) is 1.95. The zero-order valence-corrected chi connectivity index (χ0v) is 15.7. The third-order valence-corrected chi connectivity index (χ3v) is 4.65. The highest BCUT2D eigenvalue weighted by Gasteiger charge is 2.39. The molecule has 0 amide bonds. The lowest BCUT2D eigenvalue weighted by Gasteiger charge is -2.29. The van der Waals surface area contributed by atoms with Crippen LogP contribution in [-0.4, -0.2) is 22.5 Å². The fraction of sp³-hybridized carbons (Fsp3) is 0.136. The number of carbonyl (C=O) groups is 1. The maximum atomic E-state index is 13.1. The van der Waals surface area contributed by atoms with Crippen molar-refractivity contribution in [3.05, 3.63) is 93.4 Å². The standard InChI is InChI=1S/C22H19N3O4/c1-2-28-21(26)16-15(13-9-5-3-6-10-13)17-19(23)24-22(27)25-20(17)29-18(16)14-11-7-4-8-12-14/h3-12,15H,2H2,1H3,(H3,23,24,25,27). The monoisotopic (exact) mass is 389 g/mol. The summed E-state index contributed by atoms with van der Waals surface area (Å²) in [6.07, 6.45) is 0. The number of carbonyl (C=O) groups excluding carboxylic acids is 1. The fourth-order valence-corrected chi connectivity index (χ4v) is 3.46. The van der Waals surface area contributed by atoms with Gasteiger partial charge in [0, 0.05) is 5.56 Å². The lowest BCUT2D eigenvalue weighted by Crippen LogP contribution is -2.28. The van der Waals surface area contributed by atoms with E-state index in [0.717, 1.165) is 5.56 Å². The van der Waals surface area contributed by atoms with E-state index < -0.39 is 17.6 Å². The SMILES string of the molecule is CCOC(=O)C1=C(c2ccccc2)Oc2nc(=O)[nH]c(N)c2C1c1ccccc1. The molecule has 4 rings (SSSR count). The molecule has 0 radical (unpaired) electrons. The highest BCUT2D eigenvalue weighted by atomic mass is 16.5. The molecule has 0 saturated carbocycles. The summed E-state index contributed by atoms with van der Waals surface area (Å²) < 4.78 is 11.3. The van der Waals surface area contributed by atoms with Gasteiger partial charge in [-0.15, -0.1) is 0 Å². The topological polar surface area (TPSA) is 107 Å². The first-order valence-corrected chi connectivity index (χ1v) is 9.19. The van der Waals surface area contributed by atoms with Gasteiger partial charge in [0.05, 0.1) is 23.7 Å². The Labute approximate surface area is 166 Å². The van der Waals surface area contributed by atoms with Crippen LogP contribution in [-0.2, 0) is 9.53 Å². The van der Waals surface area contributed by atoms with E-state index in [1.54, 1.807) is 6.92 Å². The van der Waals surface area contributed by atoms with Crippen LogP contribution in [0.2, 0.25) is 0 Å². The molecule has 7 heteroatoms. The number of esters is 1. The van der Waals surface area contributed by atoms with Crippen molar-refractivity contribution in [3.8, 4) is 5.88 Å². The summed E-state index contributed by atoms with van der Waals surface area (Å²) in [5, 5.41) is 0. The van der Waals surface area contributed by atoms with Crippen LogP contribution in [0.5, 0.6) is 5.88 Å². The van der Waals surface area contributed by atoms with Crippen molar-refractivity contribution in [1.82, 2.24) is 9.97 Å². The molecule has 7 nitrogen and oxygen atoms in total. The van der Waals surface area contributed by atoms with Crippen LogP contribution >= 0.6 is 0 Å². The van der Waals surface area contributed by atoms with E-state index in [1.165, 1.54) is 0 Å². The predicted molar refractivity (Wildman–Crippen MR) is 108 cm³/mol. The number of anilines is 1. The molecule has 1 aliphatic rings. The number of hydrogen-bond acceptors (Lipinski definition) is 6. The lowest BCUT2D eigenvalue weighted by molar-refractivity contribution is -0.138. The highest BCUT2D eigenvalue weighted by Crippen LogP contribution is 2.46. The van der Waals surface area contributed by atoms with Crippen LogP contribution in [0, 0.1) is 0 Å². The number of hydrogen-bond donors (Lipinski definition) is 2. The highest BCUT2D eigenvalue weighted by molar-refractivity contribution is 6.00. The number of aromatic amines is 1. The van der Waals surface area contributed by atoms with Gasteiger partial charge in [-0.25, -0.2) is 9.59 Å². The largest absolute Gasteiger partial charge is 0.463 e. The third-order valence-electron chi connectivity index (χ3n) is 4.65. The number of ether oxygens (including phenoxy) is 2. The van der Waals surface area contributed by atoms with Crippen molar-refractivity contribution >= 4 is 17.5 Å². The zero-order valence-electron chi connectivity index (χ0n) is 15.7. The van der Waals surface area contributed by atoms with Gasteiger partial charge in [-0.2, -0.15) is 4.98 Å². The number of H-pyrrole nitrogens is 1. The molecule has 0 spiro atoms. The minimum Gasteiger partial charge on any atom is -0.463 e.